The fourth-order valence-corrected chi connectivity index (χ4v) is 4.69. The van der Waals surface area contributed by atoms with E-state index in [0.717, 1.165) is 48.2 Å². The molecule has 7 heteroatoms. The van der Waals surface area contributed by atoms with Gasteiger partial charge in [-0.1, -0.05) is 6.07 Å². The summed E-state index contributed by atoms with van der Waals surface area (Å²) in [6.07, 6.45) is 4.01. The minimum absolute atomic E-state index is 0.253. The lowest BCUT2D eigenvalue weighted by atomic mass is 9.82. The summed E-state index contributed by atoms with van der Waals surface area (Å²) in [6.45, 7) is 5.50. The molecular weight excluding hydrogens is 404 g/mol. The second kappa shape index (κ2) is 8.64. The summed E-state index contributed by atoms with van der Waals surface area (Å²) in [6, 6.07) is 9.09. The average molecular weight is 437 g/mol. The van der Waals surface area contributed by atoms with Crippen LogP contribution < -0.4 is 5.32 Å². The third-order valence-corrected chi connectivity index (χ3v) is 6.55. The van der Waals surface area contributed by atoms with Gasteiger partial charge in [0.05, 0.1) is 16.6 Å². The number of aliphatic hydroxyl groups is 2. The van der Waals surface area contributed by atoms with E-state index in [4.69, 9.17) is 4.98 Å². The van der Waals surface area contributed by atoms with Gasteiger partial charge in [-0.05, 0) is 76.6 Å². The van der Waals surface area contributed by atoms with Crippen molar-refractivity contribution in [3.05, 3.63) is 53.1 Å². The molecule has 32 heavy (non-hydrogen) atoms. The zero-order chi connectivity index (χ0) is 23.0. The van der Waals surface area contributed by atoms with Gasteiger partial charge in [0.2, 0.25) is 0 Å². The number of fused-ring (bicyclic) bond motifs is 1. The average Bonchev–Trinajstić information content (AvgIpc) is 3.08. The number of hydrogen-bond donors (Lipinski definition) is 3. The Kier molecular flexibility index (Phi) is 6.05. The van der Waals surface area contributed by atoms with E-state index in [1.165, 1.54) is 0 Å². The number of nitrogens with one attached hydrogen (secondary N) is 1. The zero-order valence-corrected chi connectivity index (χ0v) is 19.2. The lowest BCUT2D eigenvalue weighted by Crippen LogP contribution is -2.21. The first kappa shape index (κ1) is 22.4. The Morgan fingerprint density at radius 3 is 2.53 bits per heavy atom. The Labute approximate surface area is 188 Å². The molecule has 1 saturated carbocycles. The lowest BCUT2D eigenvalue weighted by molar-refractivity contribution is 0.0793. The van der Waals surface area contributed by atoms with Crippen LogP contribution >= 0.6 is 0 Å². The van der Waals surface area contributed by atoms with Gasteiger partial charge in [0.15, 0.2) is 0 Å². The minimum Gasteiger partial charge on any atom is -0.396 e. The van der Waals surface area contributed by atoms with Gasteiger partial charge in [0.25, 0.3) is 5.91 Å². The maximum atomic E-state index is 12.9. The van der Waals surface area contributed by atoms with Crippen molar-refractivity contribution >= 4 is 22.6 Å². The number of aliphatic hydroxyl groups excluding tert-OH is 1. The number of aryl methyl sites for hydroxylation is 2. The molecule has 170 valence electrons. The molecule has 3 N–H and O–H groups in total. The van der Waals surface area contributed by atoms with Crippen LogP contribution in [0.5, 0.6) is 0 Å². The standard InChI is InChI=1S/C25H32N4O3/c1-15-6-5-7-19(26-15)24(31)28-20-13-22-21(12-18(20)25(2,3)32)27-23(29(22)4)17-10-8-16(14-30)9-11-17/h5-7,12-13,16-17,30,32H,8-11,14H2,1-4H3,(H,28,31)/t16-,17-. The minimum atomic E-state index is -1.16. The molecule has 1 aliphatic rings. The van der Waals surface area contributed by atoms with Gasteiger partial charge < -0.3 is 20.1 Å². The van der Waals surface area contributed by atoms with Crippen LogP contribution in [-0.4, -0.2) is 37.3 Å². The van der Waals surface area contributed by atoms with Gasteiger partial charge in [-0.15, -0.1) is 0 Å². The van der Waals surface area contributed by atoms with E-state index in [0.29, 0.717) is 28.8 Å². The molecule has 0 atom stereocenters. The summed E-state index contributed by atoms with van der Waals surface area (Å²) >= 11 is 0. The molecule has 1 aliphatic carbocycles. The van der Waals surface area contributed by atoms with Crippen molar-refractivity contribution in [2.24, 2.45) is 13.0 Å². The first-order valence-electron chi connectivity index (χ1n) is 11.3. The molecule has 7 nitrogen and oxygen atoms in total. The largest absolute Gasteiger partial charge is 0.396 e. The van der Waals surface area contributed by atoms with Crippen molar-refractivity contribution < 1.29 is 15.0 Å². The maximum Gasteiger partial charge on any atom is 0.274 e. The van der Waals surface area contributed by atoms with Crippen LogP contribution in [0, 0.1) is 12.8 Å². The summed E-state index contributed by atoms with van der Waals surface area (Å²) in [4.78, 5) is 22.1. The van der Waals surface area contributed by atoms with Crippen LogP contribution in [0.25, 0.3) is 11.0 Å². The van der Waals surface area contributed by atoms with Crippen molar-refractivity contribution in [3.8, 4) is 0 Å². The van der Waals surface area contributed by atoms with E-state index in [1.54, 1.807) is 26.0 Å². The number of benzene rings is 1. The first-order valence-corrected chi connectivity index (χ1v) is 11.3. The number of amides is 1. The molecule has 0 unspecified atom stereocenters. The van der Waals surface area contributed by atoms with Gasteiger partial charge in [0, 0.05) is 36.5 Å². The van der Waals surface area contributed by atoms with Crippen molar-refractivity contribution in [3.63, 3.8) is 0 Å². The highest BCUT2D eigenvalue weighted by atomic mass is 16.3. The van der Waals surface area contributed by atoms with Gasteiger partial charge in [-0.3, -0.25) is 4.79 Å². The topological polar surface area (TPSA) is 100 Å². The fraction of sp³-hybridized carbons (Fsp3) is 0.480. The molecule has 0 bridgehead atoms. The number of hydrogen-bond acceptors (Lipinski definition) is 5. The van der Waals surface area contributed by atoms with Gasteiger partial charge in [-0.25, -0.2) is 9.97 Å². The third-order valence-electron chi connectivity index (χ3n) is 6.55. The quantitative estimate of drug-likeness (QED) is 0.561. The second-order valence-electron chi connectivity index (χ2n) is 9.49. The van der Waals surface area contributed by atoms with E-state index in [9.17, 15) is 15.0 Å². The molecule has 0 saturated heterocycles. The highest BCUT2D eigenvalue weighted by Crippen LogP contribution is 2.38. The lowest BCUT2D eigenvalue weighted by Gasteiger charge is -2.26. The summed E-state index contributed by atoms with van der Waals surface area (Å²) in [5.41, 5.74) is 2.81. The molecule has 3 aromatic rings. The number of aromatic nitrogens is 3. The van der Waals surface area contributed by atoms with E-state index in [-0.39, 0.29) is 12.5 Å². The molecule has 1 amide bonds. The van der Waals surface area contributed by atoms with Gasteiger partial charge in [-0.2, -0.15) is 0 Å². The molecule has 4 rings (SSSR count). The second-order valence-corrected chi connectivity index (χ2v) is 9.49. The van der Waals surface area contributed by atoms with E-state index in [1.807, 2.05) is 32.2 Å². The third kappa shape index (κ3) is 4.40. The normalized spacial score (nSPS) is 19.3. The van der Waals surface area contributed by atoms with Crippen LogP contribution in [0.2, 0.25) is 0 Å². The van der Waals surface area contributed by atoms with Crippen LogP contribution in [-0.2, 0) is 12.6 Å². The van der Waals surface area contributed by atoms with Crippen LogP contribution in [0.15, 0.2) is 30.3 Å². The summed E-state index contributed by atoms with van der Waals surface area (Å²) < 4.78 is 2.09. The van der Waals surface area contributed by atoms with Crippen LogP contribution in [0.3, 0.4) is 0 Å². The fourth-order valence-electron chi connectivity index (χ4n) is 4.69. The van der Waals surface area contributed by atoms with E-state index >= 15 is 0 Å². The molecule has 0 spiro atoms. The molecular formula is C25H32N4O3. The Morgan fingerprint density at radius 1 is 1.19 bits per heavy atom. The van der Waals surface area contributed by atoms with Crippen LogP contribution in [0.1, 0.15) is 73.0 Å². The van der Waals surface area contributed by atoms with Gasteiger partial charge in [0.1, 0.15) is 11.5 Å². The van der Waals surface area contributed by atoms with E-state index in [2.05, 4.69) is 14.9 Å². The molecule has 2 aromatic heterocycles. The molecule has 2 heterocycles. The molecule has 0 aliphatic heterocycles. The Bertz CT molecular complexity index is 1140. The highest BCUT2D eigenvalue weighted by molar-refractivity contribution is 6.04. The number of carbonyl (C=O) groups is 1. The summed E-state index contributed by atoms with van der Waals surface area (Å²) in [7, 11) is 2.00. The Balaban J connectivity index is 1.72. The summed E-state index contributed by atoms with van der Waals surface area (Å²) in [5.74, 6) is 1.43. The Morgan fingerprint density at radius 2 is 1.91 bits per heavy atom. The number of nitrogens with zero attached hydrogens (tertiary/aromatic N) is 3. The highest BCUT2D eigenvalue weighted by Gasteiger charge is 2.28. The zero-order valence-electron chi connectivity index (χ0n) is 19.2. The monoisotopic (exact) mass is 436 g/mol. The smallest absolute Gasteiger partial charge is 0.274 e. The number of imidazole rings is 1. The number of rotatable bonds is 5. The van der Waals surface area contributed by atoms with Gasteiger partial charge >= 0.3 is 0 Å². The Hall–Kier alpha value is -2.77. The van der Waals surface area contributed by atoms with Crippen molar-refractivity contribution in [1.82, 2.24) is 14.5 Å². The number of anilines is 1. The van der Waals surface area contributed by atoms with E-state index < -0.39 is 5.60 Å². The molecule has 0 radical (unpaired) electrons. The number of pyridine rings is 1. The SMILES string of the molecule is Cc1cccc(C(=O)Nc2cc3c(cc2C(C)(C)O)nc([C@H]2CC[C@H](CO)CC2)n3C)n1. The predicted octanol–water partition coefficient (Wildman–Crippen LogP) is 4.02. The van der Waals surface area contributed by atoms with Crippen LogP contribution in [0.4, 0.5) is 5.69 Å². The summed E-state index contributed by atoms with van der Waals surface area (Å²) in [5, 5.41) is 23.2. The van der Waals surface area contributed by atoms with Crippen molar-refractivity contribution in [2.75, 3.05) is 11.9 Å². The van der Waals surface area contributed by atoms with Crippen molar-refractivity contribution in [2.45, 2.75) is 58.0 Å². The predicted molar refractivity (Wildman–Crippen MR) is 125 cm³/mol. The number of carbonyl (C=O) groups excluding carboxylic acids is 1. The first-order chi connectivity index (χ1) is 15.2. The maximum absolute atomic E-state index is 12.9. The van der Waals surface area contributed by atoms with Crippen molar-refractivity contribution in [1.29, 1.82) is 0 Å². The molecule has 1 fully saturated rings. The molecule has 1 aromatic carbocycles.